The maximum absolute atomic E-state index is 12.2. The van der Waals surface area contributed by atoms with Crippen LogP contribution in [0.3, 0.4) is 0 Å². The van der Waals surface area contributed by atoms with E-state index in [1.165, 1.54) is 25.7 Å². The highest BCUT2D eigenvalue weighted by atomic mass is 16.2. The molecule has 1 aliphatic carbocycles. The second-order valence-corrected chi connectivity index (χ2v) is 7.22. The van der Waals surface area contributed by atoms with Crippen LogP contribution in [0.5, 0.6) is 0 Å². The number of carbonyl (C=O) groups excluding carboxylic acids is 1. The minimum atomic E-state index is -0.0459. The van der Waals surface area contributed by atoms with Crippen LogP contribution >= 0.6 is 0 Å². The van der Waals surface area contributed by atoms with Gasteiger partial charge in [0.2, 0.25) is 5.91 Å². The molecule has 0 radical (unpaired) electrons. The first-order chi connectivity index (χ1) is 12.3. The maximum Gasteiger partial charge on any atom is 0.244 e. The molecule has 2 N–H and O–H groups in total. The molecular formula is C20H26N4O. The number of carbonyl (C=O) groups is 1. The van der Waals surface area contributed by atoms with E-state index in [2.05, 4.69) is 20.4 Å². The van der Waals surface area contributed by atoms with E-state index in [0.29, 0.717) is 6.42 Å². The highest BCUT2D eigenvalue weighted by molar-refractivity contribution is 5.90. The fourth-order valence-corrected chi connectivity index (χ4v) is 4.16. The lowest BCUT2D eigenvalue weighted by Crippen LogP contribution is -2.40. The van der Waals surface area contributed by atoms with E-state index >= 15 is 0 Å². The lowest BCUT2D eigenvalue weighted by molar-refractivity contribution is -0.120. The SMILES string of the molecule is O=C(Cc1c[nH]c2ccccc12)NN=C1CCN(C2CCCC2)CC1. The van der Waals surface area contributed by atoms with Crippen LogP contribution in [-0.2, 0) is 11.2 Å². The van der Waals surface area contributed by atoms with Gasteiger partial charge in [-0.05, 0) is 24.5 Å². The Hall–Kier alpha value is -2.14. The van der Waals surface area contributed by atoms with E-state index in [9.17, 15) is 4.79 Å². The van der Waals surface area contributed by atoms with Crippen molar-refractivity contribution in [2.24, 2.45) is 5.10 Å². The number of aromatic amines is 1. The quantitative estimate of drug-likeness (QED) is 0.841. The summed E-state index contributed by atoms with van der Waals surface area (Å²) in [6.07, 6.45) is 9.69. The molecule has 1 saturated carbocycles. The van der Waals surface area contributed by atoms with Gasteiger partial charge >= 0.3 is 0 Å². The van der Waals surface area contributed by atoms with Crippen LogP contribution < -0.4 is 5.43 Å². The first kappa shape index (κ1) is 16.3. The Labute approximate surface area is 148 Å². The van der Waals surface area contributed by atoms with E-state index in [1.807, 2.05) is 30.5 Å². The first-order valence-electron chi connectivity index (χ1n) is 9.43. The highest BCUT2D eigenvalue weighted by Gasteiger charge is 2.25. The van der Waals surface area contributed by atoms with E-state index in [0.717, 1.165) is 54.2 Å². The van der Waals surface area contributed by atoms with E-state index in [4.69, 9.17) is 0 Å². The van der Waals surface area contributed by atoms with Crippen LogP contribution in [-0.4, -0.2) is 40.6 Å². The molecule has 0 spiro atoms. The van der Waals surface area contributed by atoms with Crippen molar-refractivity contribution in [3.8, 4) is 0 Å². The van der Waals surface area contributed by atoms with E-state index < -0.39 is 0 Å². The monoisotopic (exact) mass is 338 g/mol. The van der Waals surface area contributed by atoms with Crippen molar-refractivity contribution < 1.29 is 4.79 Å². The van der Waals surface area contributed by atoms with E-state index in [1.54, 1.807) is 0 Å². The molecule has 5 heteroatoms. The van der Waals surface area contributed by atoms with Crippen LogP contribution in [0.4, 0.5) is 0 Å². The molecule has 0 atom stereocenters. The van der Waals surface area contributed by atoms with Gasteiger partial charge in [-0.1, -0.05) is 31.0 Å². The van der Waals surface area contributed by atoms with Gasteiger partial charge in [0.15, 0.2) is 0 Å². The number of para-hydroxylation sites is 1. The molecule has 2 fully saturated rings. The predicted molar refractivity (Wildman–Crippen MR) is 101 cm³/mol. The molecule has 1 amide bonds. The molecule has 2 aliphatic rings. The van der Waals surface area contributed by atoms with Crippen molar-refractivity contribution in [2.75, 3.05) is 13.1 Å². The number of benzene rings is 1. The summed E-state index contributed by atoms with van der Waals surface area (Å²) >= 11 is 0. The summed E-state index contributed by atoms with van der Waals surface area (Å²) in [5, 5.41) is 5.49. The second-order valence-electron chi connectivity index (χ2n) is 7.22. The fourth-order valence-electron chi connectivity index (χ4n) is 4.16. The molecule has 1 aromatic carbocycles. The van der Waals surface area contributed by atoms with Gasteiger partial charge in [0, 0.05) is 54.8 Å². The smallest absolute Gasteiger partial charge is 0.244 e. The maximum atomic E-state index is 12.2. The zero-order chi connectivity index (χ0) is 17.1. The molecule has 132 valence electrons. The Morgan fingerprint density at radius 2 is 1.96 bits per heavy atom. The average molecular weight is 338 g/mol. The van der Waals surface area contributed by atoms with Crippen LogP contribution in [0.1, 0.15) is 44.1 Å². The summed E-state index contributed by atoms with van der Waals surface area (Å²) in [4.78, 5) is 18.0. The number of piperidine rings is 1. The van der Waals surface area contributed by atoms with Gasteiger partial charge < -0.3 is 4.98 Å². The number of nitrogens with one attached hydrogen (secondary N) is 2. The standard InChI is InChI=1S/C20H26N4O/c25-20(13-15-14-21-19-8-4-3-7-18(15)19)23-22-16-9-11-24(12-10-16)17-5-1-2-6-17/h3-4,7-8,14,17,21H,1-2,5-6,9-13H2,(H,23,25). The van der Waals surface area contributed by atoms with Gasteiger partial charge in [0.1, 0.15) is 0 Å². The number of likely N-dealkylation sites (tertiary alicyclic amines) is 1. The number of hydrogen-bond acceptors (Lipinski definition) is 3. The van der Waals surface area contributed by atoms with Crippen molar-refractivity contribution in [1.29, 1.82) is 0 Å². The molecule has 4 rings (SSSR count). The summed E-state index contributed by atoms with van der Waals surface area (Å²) in [6.45, 7) is 2.17. The normalized spacial score (nSPS) is 19.4. The van der Waals surface area contributed by atoms with Gasteiger partial charge in [0.05, 0.1) is 6.42 Å². The third-order valence-electron chi connectivity index (χ3n) is 5.58. The number of H-pyrrole nitrogens is 1. The Morgan fingerprint density at radius 1 is 1.20 bits per heavy atom. The number of fused-ring (bicyclic) bond motifs is 1. The Bertz CT molecular complexity index is 763. The number of amides is 1. The Balaban J connectivity index is 1.29. The van der Waals surface area contributed by atoms with Crippen LogP contribution in [0.15, 0.2) is 35.6 Å². The summed E-state index contributed by atoms with van der Waals surface area (Å²) < 4.78 is 0. The van der Waals surface area contributed by atoms with Gasteiger partial charge in [-0.15, -0.1) is 0 Å². The second kappa shape index (κ2) is 7.40. The molecular weight excluding hydrogens is 312 g/mol. The number of hydrazone groups is 1. The third-order valence-corrected chi connectivity index (χ3v) is 5.58. The molecule has 2 aromatic rings. The largest absolute Gasteiger partial charge is 0.361 e. The highest BCUT2D eigenvalue weighted by Crippen LogP contribution is 2.25. The summed E-state index contributed by atoms with van der Waals surface area (Å²) in [5.74, 6) is -0.0459. The van der Waals surface area contributed by atoms with Crippen LogP contribution in [0, 0.1) is 0 Å². The molecule has 0 unspecified atom stereocenters. The van der Waals surface area contributed by atoms with Gasteiger partial charge in [0.25, 0.3) is 0 Å². The summed E-state index contributed by atoms with van der Waals surface area (Å²) in [6, 6.07) is 8.84. The predicted octanol–water partition coefficient (Wildman–Crippen LogP) is 3.22. The molecule has 5 nitrogen and oxygen atoms in total. The van der Waals surface area contributed by atoms with Crippen molar-refractivity contribution in [1.82, 2.24) is 15.3 Å². The topological polar surface area (TPSA) is 60.5 Å². The number of aromatic nitrogens is 1. The first-order valence-corrected chi connectivity index (χ1v) is 9.43. The number of nitrogens with zero attached hydrogens (tertiary/aromatic N) is 2. The molecule has 1 aromatic heterocycles. The molecule has 1 aliphatic heterocycles. The number of hydrogen-bond donors (Lipinski definition) is 2. The van der Waals surface area contributed by atoms with Crippen molar-refractivity contribution in [3.63, 3.8) is 0 Å². The van der Waals surface area contributed by atoms with Crippen LogP contribution in [0.2, 0.25) is 0 Å². The zero-order valence-corrected chi connectivity index (χ0v) is 14.6. The molecule has 1 saturated heterocycles. The van der Waals surface area contributed by atoms with Crippen molar-refractivity contribution >= 4 is 22.5 Å². The van der Waals surface area contributed by atoms with Crippen molar-refractivity contribution in [3.05, 3.63) is 36.0 Å². The minimum absolute atomic E-state index is 0.0459. The Kier molecular flexibility index (Phi) is 4.83. The van der Waals surface area contributed by atoms with E-state index in [-0.39, 0.29) is 5.91 Å². The van der Waals surface area contributed by atoms with Crippen molar-refractivity contribution in [2.45, 2.75) is 51.0 Å². The third kappa shape index (κ3) is 3.76. The molecule has 0 bridgehead atoms. The lowest BCUT2D eigenvalue weighted by Gasteiger charge is -2.32. The van der Waals surface area contributed by atoms with Gasteiger partial charge in [-0.25, -0.2) is 5.43 Å². The number of rotatable bonds is 4. The molecule has 2 heterocycles. The zero-order valence-electron chi connectivity index (χ0n) is 14.6. The molecule has 25 heavy (non-hydrogen) atoms. The van der Waals surface area contributed by atoms with Crippen LogP contribution in [0.25, 0.3) is 10.9 Å². The summed E-state index contributed by atoms with van der Waals surface area (Å²) in [7, 11) is 0. The lowest BCUT2D eigenvalue weighted by atomic mass is 10.1. The summed E-state index contributed by atoms with van der Waals surface area (Å²) in [5.41, 5.74) is 5.97. The minimum Gasteiger partial charge on any atom is -0.361 e. The van der Waals surface area contributed by atoms with Gasteiger partial charge in [-0.2, -0.15) is 5.10 Å². The average Bonchev–Trinajstić information content (AvgIpc) is 3.31. The van der Waals surface area contributed by atoms with Gasteiger partial charge in [-0.3, -0.25) is 9.69 Å². The fraction of sp³-hybridized carbons (Fsp3) is 0.500. The Morgan fingerprint density at radius 3 is 2.76 bits per heavy atom.